The fraction of sp³-hybridized carbons (Fsp3) is 0.100. The van der Waals surface area contributed by atoms with Gasteiger partial charge in [0.15, 0.2) is 0 Å². The Hall–Kier alpha value is -1.81. The molecule has 4 nitrogen and oxygen atoms in total. The van der Waals surface area contributed by atoms with Crippen molar-refractivity contribution in [2.75, 3.05) is 5.32 Å². The topological polar surface area (TPSA) is 62.4 Å². The maximum Gasteiger partial charge on any atom is 0.142 e. The molecular weight excluding hydrogens is 176 g/mol. The first-order chi connectivity index (χ1) is 6.79. The van der Waals surface area contributed by atoms with E-state index in [-0.39, 0.29) is 0 Å². The standard InChI is InChI=1S/C10H12N4/c1-7-6-10(14-11)13-9-5-3-2-4-8(9)12-7/h2-6,12H,11H2,1H3,(H,13,14). The van der Waals surface area contributed by atoms with Gasteiger partial charge in [-0.2, -0.15) is 0 Å². The molecule has 0 fully saturated rings. The number of hydrogen-bond acceptors (Lipinski definition) is 4. The minimum atomic E-state index is 0.653. The number of nitrogens with two attached hydrogens (primary N) is 1. The summed E-state index contributed by atoms with van der Waals surface area (Å²) in [5.41, 5.74) is 5.43. The summed E-state index contributed by atoms with van der Waals surface area (Å²) < 4.78 is 0. The van der Waals surface area contributed by atoms with Crippen molar-refractivity contribution in [1.82, 2.24) is 5.43 Å². The van der Waals surface area contributed by atoms with Crippen LogP contribution in [0.4, 0.5) is 11.4 Å². The summed E-state index contributed by atoms with van der Waals surface area (Å²) in [7, 11) is 0. The van der Waals surface area contributed by atoms with E-state index in [9.17, 15) is 0 Å². The van der Waals surface area contributed by atoms with Gasteiger partial charge in [0.25, 0.3) is 0 Å². The third-order valence-electron chi connectivity index (χ3n) is 1.98. The molecule has 0 aliphatic carbocycles. The highest BCUT2D eigenvalue weighted by Crippen LogP contribution is 2.27. The number of benzene rings is 1. The molecule has 0 saturated carbocycles. The second-order valence-electron chi connectivity index (χ2n) is 3.11. The second-order valence-corrected chi connectivity index (χ2v) is 3.11. The predicted octanol–water partition coefficient (Wildman–Crippen LogP) is 1.51. The molecule has 0 bridgehead atoms. The van der Waals surface area contributed by atoms with Crippen molar-refractivity contribution in [2.24, 2.45) is 10.8 Å². The molecule has 2 rings (SSSR count). The molecule has 1 heterocycles. The Balaban J connectivity index is 2.51. The van der Waals surface area contributed by atoms with Gasteiger partial charge in [-0.15, -0.1) is 0 Å². The molecular formula is C10H12N4. The molecule has 1 aliphatic rings. The van der Waals surface area contributed by atoms with Crippen LogP contribution in [-0.4, -0.2) is 5.84 Å². The molecule has 1 aliphatic heterocycles. The Morgan fingerprint density at radius 3 is 2.93 bits per heavy atom. The molecule has 0 radical (unpaired) electrons. The maximum absolute atomic E-state index is 5.34. The van der Waals surface area contributed by atoms with Gasteiger partial charge >= 0.3 is 0 Å². The van der Waals surface area contributed by atoms with Crippen molar-refractivity contribution in [3.8, 4) is 0 Å². The van der Waals surface area contributed by atoms with Gasteiger partial charge in [-0.1, -0.05) is 12.1 Å². The molecule has 1 aromatic rings. The molecule has 72 valence electrons. The smallest absolute Gasteiger partial charge is 0.142 e. The van der Waals surface area contributed by atoms with Crippen LogP contribution in [0.2, 0.25) is 0 Å². The van der Waals surface area contributed by atoms with Crippen LogP contribution >= 0.6 is 0 Å². The van der Waals surface area contributed by atoms with Gasteiger partial charge in [0, 0.05) is 11.8 Å². The number of allylic oxidation sites excluding steroid dienone is 1. The number of amidine groups is 1. The predicted molar refractivity (Wildman–Crippen MR) is 58.2 cm³/mol. The third kappa shape index (κ3) is 1.60. The van der Waals surface area contributed by atoms with Crippen molar-refractivity contribution in [3.05, 3.63) is 36.0 Å². The summed E-state index contributed by atoms with van der Waals surface area (Å²) in [6.45, 7) is 1.97. The van der Waals surface area contributed by atoms with Crippen LogP contribution in [0.3, 0.4) is 0 Å². The van der Waals surface area contributed by atoms with E-state index in [1.807, 2.05) is 37.3 Å². The van der Waals surface area contributed by atoms with Crippen molar-refractivity contribution in [1.29, 1.82) is 0 Å². The van der Waals surface area contributed by atoms with Gasteiger partial charge in [-0.3, -0.25) is 0 Å². The summed E-state index contributed by atoms with van der Waals surface area (Å²) in [4.78, 5) is 4.35. The Morgan fingerprint density at radius 1 is 1.36 bits per heavy atom. The summed E-state index contributed by atoms with van der Waals surface area (Å²) >= 11 is 0. The van der Waals surface area contributed by atoms with E-state index in [1.54, 1.807) is 0 Å². The van der Waals surface area contributed by atoms with Gasteiger partial charge in [0.1, 0.15) is 5.84 Å². The first kappa shape index (κ1) is 8.77. The van der Waals surface area contributed by atoms with Crippen molar-refractivity contribution >= 4 is 17.2 Å². The number of anilines is 1. The van der Waals surface area contributed by atoms with E-state index in [1.165, 1.54) is 0 Å². The number of nitrogens with zero attached hydrogens (tertiary/aromatic N) is 1. The Labute approximate surface area is 82.5 Å². The van der Waals surface area contributed by atoms with Crippen LogP contribution in [0.25, 0.3) is 0 Å². The van der Waals surface area contributed by atoms with Crippen molar-refractivity contribution < 1.29 is 0 Å². The van der Waals surface area contributed by atoms with Crippen LogP contribution in [-0.2, 0) is 0 Å². The molecule has 0 atom stereocenters. The molecule has 0 saturated heterocycles. The van der Waals surface area contributed by atoms with Crippen LogP contribution < -0.4 is 16.6 Å². The molecule has 14 heavy (non-hydrogen) atoms. The van der Waals surface area contributed by atoms with E-state index in [4.69, 9.17) is 5.84 Å². The lowest BCUT2D eigenvalue weighted by Crippen LogP contribution is -2.28. The van der Waals surface area contributed by atoms with Gasteiger partial charge in [0.05, 0.1) is 11.4 Å². The van der Waals surface area contributed by atoms with Gasteiger partial charge in [0.2, 0.25) is 0 Å². The fourth-order valence-electron chi connectivity index (χ4n) is 1.37. The lowest BCUT2D eigenvalue weighted by molar-refractivity contribution is 1.03. The van der Waals surface area contributed by atoms with E-state index >= 15 is 0 Å². The number of para-hydroxylation sites is 2. The van der Waals surface area contributed by atoms with Crippen LogP contribution in [0.1, 0.15) is 6.92 Å². The number of hydrogen-bond donors (Lipinski definition) is 3. The molecule has 4 N–H and O–H groups in total. The lowest BCUT2D eigenvalue weighted by atomic mass is 10.2. The van der Waals surface area contributed by atoms with E-state index in [2.05, 4.69) is 15.7 Å². The third-order valence-corrected chi connectivity index (χ3v) is 1.98. The Morgan fingerprint density at radius 2 is 2.14 bits per heavy atom. The highest BCUT2D eigenvalue weighted by atomic mass is 15.3. The molecule has 0 amide bonds. The normalized spacial score (nSPS) is 14.4. The van der Waals surface area contributed by atoms with Crippen molar-refractivity contribution in [3.63, 3.8) is 0 Å². The number of hydrazine groups is 1. The molecule has 0 aromatic heterocycles. The minimum absolute atomic E-state index is 0.653. The zero-order valence-electron chi connectivity index (χ0n) is 7.91. The summed E-state index contributed by atoms with van der Waals surface area (Å²) in [5.74, 6) is 5.99. The highest BCUT2D eigenvalue weighted by Gasteiger charge is 2.06. The molecule has 0 unspecified atom stereocenters. The number of nitrogens with one attached hydrogen (secondary N) is 2. The summed E-state index contributed by atoms with van der Waals surface area (Å²) in [6.07, 6.45) is 1.86. The highest BCUT2D eigenvalue weighted by molar-refractivity contribution is 5.97. The SMILES string of the molecule is CC1=CC(NN)=Nc2ccccc2N1. The average molecular weight is 188 g/mol. The quantitative estimate of drug-likeness (QED) is 0.427. The fourth-order valence-corrected chi connectivity index (χ4v) is 1.37. The van der Waals surface area contributed by atoms with Crippen LogP contribution in [0.5, 0.6) is 0 Å². The summed E-state index contributed by atoms with van der Waals surface area (Å²) in [6, 6.07) is 7.83. The van der Waals surface area contributed by atoms with E-state index in [0.29, 0.717) is 5.84 Å². The Kier molecular flexibility index (Phi) is 2.20. The van der Waals surface area contributed by atoms with Gasteiger partial charge in [-0.25, -0.2) is 10.8 Å². The van der Waals surface area contributed by atoms with Gasteiger partial charge < -0.3 is 10.7 Å². The number of rotatable bonds is 0. The van der Waals surface area contributed by atoms with Gasteiger partial charge in [-0.05, 0) is 19.1 Å². The lowest BCUT2D eigenvalue weighted by Gasteiger charge is -2.05. The maximum atomic E-state index is 5.34. The summed E-state index contributed by atoms with van der Waals surface area (Å²) in [5, 5.41) is 3.24. The zero-order chi connectivity index (χ0) is 9.97. The van der Waals surface area contributed by atoms with Crippen LogP contribution in [0.15, 0.2) is 41.0 Å². The second kappa shape index (κ2) is 3.51. The first-order valence-electron chi connectivity index (χ1n) is 4.39. The molecule has 0 spiro atoms. The molecule has 1 aromatic carbocycles. The van der Waals surface area contributed by atoms with E-state index < -0.39 is 0 Å². The number of fused-ring (bicyclic) bond motifs is 1. The minimum Gasteiger partial charge on any atom is -0.357 e. The van der Waals surface area contributed by atoms with Crippen molar-refractivity contribution in [2.45, 2.75) is 6.92 Å². The first-order valence-corrected chi connectivity index (χ1v) is 4.39. The molecule has 4 heteroatoms. The zero-order valence-corrected chi connectivity index (χ0v) is 7.91. The Bertz CT molecular complexity index is 406. The van der Waals surface area contributed by atoms with Crippen LogP contribution in [0, 0.1) is 0 Å². The average Bonchev–Trinajstić information content (AvgIpc) is 2.35. The van der Waals surface area contributed by atoms with E-state index in [0.717, 1.165) is 17.1 Å². The monoisotopic (exact) mass is 188 g/mol. The largest absolute Gasteiger partial charge is 0.357 e. The number of aliphatic imine (C=N–C) groups is 1.